The van der Waals surface area contributed by atoms with E-state index in [-0.39, 0.29) is 6.61 Å². The summed E-state index contributed by atoms with van der Waals surface area (Å²) in [6.45, 7) is 8.56. The monoisotopic (exact) mass is 423 g/mol. The molecule has 0 fully saturated rings. The SMILES string of the molecule is CCCCOc1cc(-c2cc(Cl)c(C(C)(C)CO)cc2C)nc2ccnc(C#N)c12. The summed E-state index contributed by atoms with van der Waals surface area (Å²) in [5.41, 5.74) is 4.00. The van der Waals surface area contributed by atoms with Gasteiger partial charge in [-0.25, -0.2) is 9.97 Å². The van der Waals surface area contributed by atoms with E-state index < -0.39 is 5.41 Å². The molecule has 0 aliphatic carbocycles. The summed E-state index contributed by atoms with van der Waals surface area (Å²) in [5, 5.41) is 20.4. The highest BCUT2D eigenvalue weighted by molar-refractivity contribution is 6.31. The van der Waals surface area contributed by atoms with Gasteiger partial charge in [0.2, 0.25) is 0 Å². The predicted octanol–water partition coefficient (Wildman–Crippen LogP) is 5.58. The number of nitrogens with zero attached hydrogens (tertiary/aromatic N) is 3. The lowest BCUT2D eigenvalue weighted by Crippen LogP contribution is -2.22. The molecule has 0 aliphatic heterocycles. The van der Waals surface area contributed by atoms with Crippen molar-refractivity contribution in [2.24, 2.45) is 0 Å². The lowest BCUT2D eigenvalue weighted by Gasteiger charge is -2.25. The number of benzene rings is 1. The van der Waals surface area contributed by atoms with Crippen molar-refractivity contribution in [3.8, 4) is 23.1 Å². The Bertz CT molecular complexity index is 1120. The molecule has 156 valence electrons. The van der Waals surface area contributed by atoms with Gasteiger partial charge in [-0.2, -0.15) is 5.26 Å². The first-order valence-electron chi connectivity index (χ1n) is 10.1. The molecule has 1 aromatic carbocycles. The second-order valence-corrected chi connectivity index (χ2v) is 8.47. The standard InChI is InChI=1S/C24H26ClN3O2/c1-5-6-9-30-22-12-20(28-19-7-8-27-21(13-26)23(19)22)16-11-18(25)17(10-15(16)2)24(3,4)14-29/h7-8,10-12,29H,5-6,9,14H2,1-4H3. The molecule has 1 N–H and O–H groups in total. The maximum Gasteiger partial charge on any atom is 0.153 e. The highest BCUT2D eigenvalue weighted by atomic mass is 35.5. The fraction of sp³-hybridized carbons (Fsp3) is 0.375. The van der Waals surface area contributed by atoms with Crippen LogP contribution in [0.4, 0.5) is 0 Å². The first-order valence-corrected chi connectivity index (χ1v) is 10.4. The second-order valence-electron chi connectivity index (χ2n) is 8.06. The number of fused-ring (bicyclic) bond motifs is 1. The van der Waals surface area contributed by atoms with Crippen LogP contribution in [0, 0.1) is 18.3 Å². The van der Waals surface area contributed by atoms with Gasteiger partial charge in [0.15, 0.2) is 5.69 Å². The zero-order chi connectivity index (χ0) is 21.9. The van der Waals surface area contributed by atoms with Crippen molar-refractivity contribution in [1.29, 1.82) is 5.26 Å². The molecule has 0 spiro atoms. The molecular formula is C24H26ClN3O2. The van der Waals surface area contributed by atoms with E-state index in [9.17, 15) is 10.4 Å². The molecule has 0 aliphatic rings. The topological polar surface area (TPSA) is 79.0 Å². The van der Waals surface area contributed by atoms with Gasteiger partial charge < -0.3 is 9.84 Å². The van der Waals surface area contributed by atoms with E-state index in [1.807, 2.05) is 39.0 Å². The molecule has 30 heavy (non-hydrogen) atoms. The van der Waals surface area contributed by atoms with Crippen LogP contribution in [0.1, 0.15) is 50.4 Å². The minimum atomic E-state index is -0.445. The molecule has 5 nitrogen and oxygen atoms in total. The minimum absolute atomic E-state index is 0.000908. The number of hydrogen-bond donors (Lipinski definition) is 1. The van der Waals surface area contributed by atoms with Gasteiger partial charge in [-0.15, -0.1) is 0 Å². The lowest BCUT2D eigenvalue weighted by molar-refractivity contribution is 0.218. The van der Waals surface area contributed by atoms with E-state index in [0.29, 0.717) is 34.0 Å². The maximum atomic E-state index is 9.74. The Hall–Kier alpha value is -2.68. The smallest absolute Gasteiger partial charge is 0.153 e. The van der Waals surface area contributed by atoms with Crippen LogP contribution in [0.5, 0.6) is 5.75 Å². The van der Waals surface area contributed by atoms with Gasteiger partial charge in [0, 0.05) is 28.3 Å². The highest BCUT2D eigenvalue weighted by Crippen LogP contribution is 2.37. The van der Waals surface area contributed by atoms with E-state index in [0.717, 1.165) is 35.2 Å². The normalized spacial score (nSPS) is 11.5. The van der Waals surface area contributed by atoms with Gasteiger partial charge in [-0.05, 0) is 36.6 Å². The largest absolute Gasteiger partial charge is 0.493 e. The van der Waals surface area contributed by atoms with Crippen LogP contribution in [0.15, 0.2) is 30.5 Å². The van der Waals surface area contributed by atoms with Crippen molar-refractivity contribution in [3.63, 3.8) is 0 Å². The first-order chi connectivity index (χ1) is 14.3. The Morgan fingerprint density at radius 3 is 2.70 bits per heavy atom. The molecule has 3 aromatic rings. The van der Waals surface area contributed by atoms with Gasteiger partial charge in [0.1, 0.15) is 11.8 Å². The summed E-state index contributed by atoms with van der Waals surface area (Å²) >= 11 is 6.60. The van der Waals surface area contributed by atoms with Crippen LogP contribution >= 0.6 is 11.6 Å². The van der Waals surface area contributed by atoms with E-state index >= 15 is 0 Å². The van der Waals surface area contributed by atoms with Crippen molar-refractivity contribution >= 4 is 22.5 Å². The third kappa shape index (κ3) is 4.26. The average Bonchev–Trinajstić information content (AvgIpc) is 2.74. The van der Waals surface area contributed by atoms with E-state index in [2.05, 4.69) is 18.0 Å². The van der Waals surface area contributed by atoms with Gasteiger partial charge in [-0.1, -0.05) is 44.9 Å². The molecule has 0 bridgehead atoms. The van der Waals surface area contributed by atoms with Crippen molar-refractivity contribution in [2.75, 3.05) is 13.2 Å². The van der Waals surface area contributed by atoms with Crippen LogP contribution in [0.25, 0.3) is 22.2 Å². The van der Waals surface area contributed by atoms with Gasteiger partial charge in [0.25, 0.3) is 0 Å². The summed E-state index contributed by atoms with van der Waals surface area (Å²) in [5.74, 6) is 0.600. The quantitative estimate of drug-likeness (QED) is 0.502. The Morgan fingerprint density at radius 2 is 2.03 bits per heavy atom. The number of rotatable bonds is 7. The number of unbranched alkanes of at least 4 members (excludes halogenated alkanes) is 1. The molecule has 0 unspecified atom stereocenters. The van der Waals surface area contributed by atoms with E-state index in [1.54, 1.807) is 12.3 Å². The number of halogens is 1. The Balaban J connectivity index is 2.19. The number of hydrogen-bond acceptors (Lipinski definition) is 5. The Kier molecular flexibility index (Phi) is 6.60. The third-order valence-corrected chi connectivity index (χ3v) is 5.57. The molecule has 0 saturated heterocycles. The van der Waals surface area contributed by atoms with Gasteiger partial charge >= 0.3 is 0 Å². The Labute approximate surface area is 182 Å². The van der Waals surface area contributed by atoms with Crippen molar-refractivity contribution < 1.29 is 9.84 Å². The van der Waals surface area contributed by atoms with E-state index in [4.69, 9.17) is 21.3 Å². The fourth-order valence-corrected chi connectivity index (χ4v) is 3.79. The maximum absolute atomic E-state index is 9.74. The number of nitriles is 1. The lowest BCUT2D eigenvalue weighted by atomic mass is 9.83. The van der Waals surface area contributed by atoms with Crippen LogP contribution in [-0.4, -0.2) is 28.3 Å². The molecule has 0 atom stereocenters. The molecule has 3 rings (SSSR count). The minimum Gasteiger partial charge on any atom is -0.493 e. The summed E-state index contributed by atoms with van der Waals surface area (Å²) < 4.78 is 6.03. The molecular weight excluding hydrogens is 398 g/mol. The molecule has 0 saturated carbocycles. The van der Waals surface area contributed by atoms with Crippen LogP contribution in [0.2, 0.25) is 5.02 Å². The average molecular weight is 424 g/mol. The van der Waals surface area contributed by atoms with Crippen LogP contribution in [-0.2, 0) is 5.41 Å². The number of aromatic nitrogens is 2. The van der Waals surface area contributed by atoms with Crippen molar-refractivity contribution in [2.45, 2.75) is 46.0 Å². The third-order valence-electron chi connectivity index (χ3n) is 5.26. The number of ether oxygens (including phenoxy) is 1. The fourth-order valence-electron chi connectivity index (χ4n) is 3.37. The first kappa shape index (κ1) is 22.0. The van der Waals surface area contributed by atoms with Crippen LogP contribution < -0.4 is 4.74 Å². The summed E-state index contributed by atoms with van der Waals surface area (Å²) in [4.78, 5) is 8.95. The molecule has 0 radical (unpaired) electrons. The molecule has 6 heteroatoms. The second kappa shape index (κ2) is 8.99. The number of pyridine rings is 2. The van der Waals surface area contributed by atoms with Gasteiger partial charge in [0.05, 0.1) is 29.8 Å². The molecule has 2 aromatic heterocycles. The van der Waals surface area contributed by atoms with Crippen molar-refractivity contribution in [3.05, 3.63) is 52.3 Å². The van der Waals surface area contributed by atoms with E-state index in [1.165, 1.54) is 0 Å². The molecule has 0 amide bonds. The summed E-state index contributed by atoms with van der Waals surface area (Å²) in [7, 11) is 0. The highest BCUT2D eigenvalue weighted by Gasteiger charge is 2.24. The van der Waals surface area contributed by atoms with Crippen molar-refractivity contribution in [1.82, 2.24) is 9.97 Å². The number of aliphatic hydroxyl groups is 1. The summed E-state index contributed by atoms with van der Waals surface area (Å²) in [6.07, 6.45) is 3.51. The zero-order valence-corrected chi connectivity index (χ0v) is 18.5. The number of aryl methyl sites for hydroxylation is 1. The van der Waals surface area contributed by atoms with Crippen LogP contribution in [0.3, 0.4) is 0 Å². The predicted molar refractivity (Wildman–Crippen MR) is 120 cm³/mol. The number of aliphatic hydroxyl groups excluding tert-OH is 1. The van der Waals surface area contributed by atoms with Gasteiger partial charge in [-0.3, -0.25) is 0 Å². The summed E-state index contributed by atoms with van der Waals surface area (Å²) in [6, 6.07) is 9.67. The molecule has 2 heterocycles. The Morgan fingerprint density at radius 1 is 1.27 bits per heavy atom. The zero-order valence-electron chi connectivity index (χ0n) is 17.8.